The Morgan fingerprint density at radius 3 is 1.19 bits per heavy atom. The van der Waals surface area contributed by atoms with E-state index in [1.54, 1.807) is 6.08 Å². The van der Waals surface area contributed by atoms with E-state index >= 15 is 0 Å². The molecular weight excluding hydrogens is 327 g/mol. The van der Waals surface area contributed by atoms with Gasteiger partial charge in [0.05, 0.1) is 5.97 Å². The van der Waals surface area contributed by atoms with Gasteiger partial charge in [-0.15, -0.1) is 0 Å². The van der Waals surface area contributed by atoms with Crippen LogP contribution in [-0.2, 0) is 4.79 Å². The van der Waals surface area contributed by atoms with Crippen molar-refractivity contribution in [2.24, 2.45) is 0 Å². The van der Waals surface area contributed by atoms with Crippen molar-refractivity contribution in [1.82, 2.24) is 0 Å². The quantitative estimate of drug-likeness (QED) is 0.173. The van der Waals surface area contributed by atoms with Gasteiger partial charge in [-0.2, -0.15) is 0 Å². The molecule has 0 N–H and O–H groups in total. The first kappa shape index (κ1) is 29.0. The minimum Gasteiger partial charge on any atom is -0.545 e. The molecule has 27 heavy (non-hydrogen) atoms. The Balaban J connectivity index is 0. The van der Waals surface area contributed by atoms with E-state index in [4.69, 9.17) is 0 Å². The number of allylic oxidation sites excluding steroid dienone is 1. The number of carbonyl (C=O) groups is 1. The maximum absolute atomic E-state index is 10.2. The molecule has 0 saturated carbocycles. The van der Waals surface area contributed by atoms with Crippen LogP contribution in [0.15, 0.2) is 12.2 Å². The summed E-state index contributed by atoms with van der Waals surface area (Å²) in [6, 6.07) is 0. The smallest absolute Gasteiger partial charge is 0.545 e. The van der Waals surface area contributed by atoms with Crippen LogP contribution >= 0.6 is 0 Å². The first-order valence-corrected chi connectivity index (χ1v) is 11.6. The van der Waals surface area contributed by atoms with Crippen LogP contribution in [0.25, 0.3) is 0 Å². The van der Waals surface area contributed by atoms with Crippen molar-refractivity contribution < 1.29 is 28.8 Å². The van der Waals surface area contributed by atoms with Crippen molar-refractivity contribution in [3.8, 4) is 0 Å². The molecule has 0 aromatic carbocycles. The van der Waals surface area contributed by atoms with Gasteiger partial charge in [0.15, 0.2) is 0 Å². The molecule has 0 bridgehead atoms. The van der Waals surface area contributed by atoms with Gasteiger partial charge in [-0.25, -0.2) is 0 Å². The molecule has 0 radical (unpaired) electrons. The summed E-state index contributed by atoms with van der Waals surface area (Å²) in [6.45, 7) is 2.28. The van der Waals surface area contributed by atoms with Gasteiger partial charge >= 0.3 is 18.9 Å². The van der Waals surface area contributed by atoms with E-state index in [-0.39, 0.29) is 18.9 Å². The molecule has 0 aromatic heterocycles. The second-order valence-corrected chi connectivity index (χ2v) is 7.87. The molecule has 0 atom stereocenters. The SMILES string of the molecule is CCCCCCCCCCCCCCCCCCCCCC=CC(=O)[O-].[Li+]. The van der Waals surface area contributed by atoms with Crippen LogP contribution in [0.5, 0.6) is 0 Å². The van der Waals surface area contributed by atoms with E-state index in [0.29, 0.717) is 0 Å². The van der Waals surface area contributed by atoms with Crippen LogP contribution in [0, 0.1) is 0 Å². The predicted octanol–water partition coefficient (Wildman–Crippen LogP) is 4.12. The Morgan fingerprint density at radius 2 is 0.889 bits per heavy atom. The minimum atomic E-state index is -1.08. The van der Waals surface area contributed by atoms with Gasteiger partial charge in [0.25, 0.3) is 0 Å². The van der Waals surface area contributed by atoms with Gasteiger partial charge in [0, 0.05) is 0 Å². The zero-order valence-electron chi connectivity index (χ0n) is 18.6. The fourth-order valence-corrected chi connectivity index (χ4v) is 3.52. The molecule has 0 rings (SSSR count). The summed E-state index contributed by atoms with van der Waals surface area (Å²) in [4.78, 5) is 10.2. The van der Waals surface area contributed by atoms with Crippen LogP contribution in [0.4, 0.5) is 0 Å². The standard InChI is InChI=1S/C24H46O2.Li/c1-2-3-4-5-6-7-8-9-10-11-12-13-14-15-16-17-18-19-20-21-22-23-24(25)26;/h22-23H,2-21H2,1H3,(H,25,26);/q;+1/p-1. The molecule has 0 amide bonds. The fraction of sp³-hybridized carbons (Fsp3) is 0.875. The third-order valence-electron chi connectivity index (χ3n) is 5.23. The minimum absolute atomic E-state index is 0. The van der Waals surface area contributed by atoms with Gasteiger partial charge in [-0.05, 0) is 18.9 Å². The largest absolute Gasteiger partial charge is 1.00 e. The first-order valence-electron chi connectivity index (χ1n) is 11.6. The van der Waals surface area contributed by atoms with Crippen LogP contribution < -0.4 is 24.0 Å². The summed E-state index contributed by atoms with van der Waals surface area (Å²) < 4.78 is 0. The van der Waals surface area contributed by atoms with Crippen LogP contribution in [0.2, 0.25) is 0 Å². The summed E-state index contributed by atoms with van der Waals surface area (Å²) in [5.74, 6) is -1.08. The summed E-state index contributed by atoms with van der Waals surface area (Å²) in [5.41, 5.74) is 0. The normalized spacial score (nSPS) is 11.0. The molecule has 0 fully saturated rings. The Hall–Kier alpha value is -0.193. The average molecular weight is 373 g/mol. The second-order valence-electron chi connectivity index (χ2n) is 7.87. The number of rotatable bonds is 21. The van der Waals surface area contributed by atoms with Crippen molar-refractivity contribution >= 4 is 5.97 Å². The van der Waals surface area contributed by atoms with Crippen molar-refractivity contribution in [2.45, 2.75) is 135 Å². The van der Waals surface area contributed by atoms with Crippen LogP contribution in [-0.4, -0.2) is 5.97 Å². The molecule has 2 nitrogen and oxygen atoms in total. The summed E-state index contributed by atoms with van der Waals surface area (Å²) in [7, 11) is 0. The monoisotopic (exact) mass is 372 g/mol. The third kappa shape index (κ3) is 28.1. The Labute approximate surface area is 182 Å². The molecule has 0 aliphatic carbocycles. The van der Waals surface area contributed by atoms with Crippen LogP contribution in [0.3, 0.4) is 0 Å². The van der Waals surface area contributed by atoms with E-state index < -0.39 is 5.97 Å². The van der Waals surface area contributed by atoms with Gasteiger partial charge in [-0.3, -0.25) is 0 Å². The molecule has 0 aromatic rings. The molecule has 154 valence electrons. The number of aliphatic carboxylic acids is 1. The van der Waals surface area contributed by atoms with E-state index in [1.165, 1.54) is 116 Å². The summed E-state index contributed by atoms with van der Waals surface area (Å²) in [6.07, 6.45) is 30.1. The van der Waals surface area contributed by atoms with Gasteiger partial charge in [0.2, 0.25) is 0 Å². The molecule has 0 saturated heterocycles. The molecule has 0 aliphatic heterocycles. The van der Waals surface area contributed by atoms with Gasteiger partial charge in [-0.1, -0.05) is 129 Å². The van der Waals surface area contributed by atoms with E-state index in [2.05, 4.69) is 6.92 Å². The predicted molar refractivity (Wildman–Crippen MR) is 112 cm³/mol. The summed E-state index contributed by atoms with van der Waals surface area (Å²) >= 11 is 0. The Morgan fingerprint density at radius 1 is 0.593 bits per heavy atom. The number of hydrogen-bond donors (Lipinski definition) is 0. The van der Waals surface area contributed by atoms with Gasteiger partial charge in [0.1, 0.15) is 0 Å². The number of hydrogen-bond acceptors (Lipinski definition) is 2. The van der Waals surface area contributed by atoms with Crippen molar-refractivity contribution in [3.05, 3.63) is 12.2 Å². The second kappa shape index (κ2) is 25.8. The maximum Gasteiger partial charge on any atom is 1.00 e. The molecule has 0 spiro atoms. The van der Waals surface area contributed by atoms with E-state index in [0.717, 1.165) is 18.9 Å². The molecule has 0 aliphatic rings. The Bertz CT molecular complexity index is 316. The molecule has 0 unspecified atom stereocenters. The molecule has 0 heterocycles. The van der Waals surface area contributed by atoms with Crippen molar-refractivity contribution in [2.75, 3.05) is 0 Å². The number of unbranched alkanes of at least 4 members (excludes halogenated alkanes) is 19. The zero-order valence-corrected chi connectivity index (χ0v) is 18.6. The average Bonchev–Trinajstić information content (AvgIpc) is 2.62. The number of carbonyl (C=O) groups excluding carboxylic acids is 1. The number of carboxylic acid groups (broad SMARTS) is 1. The molecule has 3 heteroatoms. The first-order chi connectivity index (χ1) is 12.8. The van der Waals surface area contributed by atoms with Crippen LogP contribution in [0.1, 0.15) is 135 Å². The van der Waals surface area contributed by atoms with E-state index in [9.17, 15) is 9.90 Å². The van der Waals surface area contributed by atoms with Crippen molar-refractivity contribution in [1.29, 1.82) is 0 Å². The topological polar surface area (TPSA) is 40.1 Å². The fourth-order valence-electron chi connectivity index (χ4n) is 3.52. The number of carboxylic acids is 1. The summed E-state index contributed by atoms with van der Waals surface area (Å²) in [5, 5.41) is 10.2. The maximum atomic E-state index is 10.2. The van der Waals surface area contributed by atoms with Crippen molar-refractivity contribution in [3.63, 3.8) is 0 Å². The Kier molecular flexibility index (Phi) is 27.7. The van der Waals surface area contributed by atoms with Gasteiger partial charge < -0.3 is 9.90 Å². The zero-order chi connectivity index (χ0) is 19.1. The third-order valence-corrected chi connectivity index (χ3v) is 5.23. The molecular formula is C24H45LiO2. The van der Waals surface area contributed by atoms with E-state index in [1.807, 2.05) is 0 Å².